The van der Waals surface area contributed by atoms with E-state index in [1.165, 1.54) is 20.2 Å². The highest BCUT2D eigenvalue weighted by Gasteiger charge is 2.21. The number of rotatable bonds is 8. The van der Waals surface area contributed by atoms with E-state index in [4.69, 9.17) is 4.42 Å². The van der Waals surface area contributed by atoms with Gasteiger partial charge in [0.1, 0.15) is 5.76 Å². The van der Waals surface area contributed by atoms with Crippen molar-refractivity contribution in [3.8, 4) is 0 Å². The Morgan fingerprint density at radius 1 is 1.35 bits per heavy atom. The summed E-state index contributed by atoms with van der Waals surface area (Å²) in [6.45, 7) is 4.94. The van der Waals surface area contributed by atoms with Crippen molar-refractivity contribution in [3.05, 3.63) is 17.9 Å². The van der Waals surface area contributed by atoms with E-state index in [1.807, 2.05) is 13.8 Å². The number of hydrogen-bond donors (Lipinski definition) is 2. The Morgan fingerprint density at radius 2 is 2.00 bits per heavy atom. The number of nitrogens with zero attached hydrogens (tertiary/aromatic N) is 1. The topological polar surface area (TPSA) is 82.8 Å². The van der Waals surface area contributed by atoms with E-state index in [1.54, 1.807) is 6.07 Å². The molecule has 116 valence electrons. The summed E-state index contributed by atoms with van der Waals surface area (Å²) in [5.41, 5.74) is 0. The smallest absolute Gasteiger partial charge is 0.275 e. The lowest BCUT2D eigenvalue weighted by Gasteiger charge is -2.13. The van der Waals surface area contributed by atoms with Gasteiger partial charge in [0.05, 0.1) is 12.6 Å². The number of nitrogens with one attached hydrogen (secondary N) is 1. The van der Waals surface area contributed by atoms with E-state index in [0.717, 1.165) is 10.7 Å². The molecule has 0 spiro atoms. The van der Waals surface area contributed by atoms with E-state index in [9.17, 15) is 13.5 Å². The van der Waals surface area contributed by atoms with Crippen molar-refractivity contribution in [2.24, 2.45) is 5.92 Å². The van der Waals surface area contributed by atoms with Crippen molar-refractivity contribution in [1.29, 1.82) is 0 Å². The zero-order valence-electron chi connectivity index (χ0n) is 12.5. The first-order chi connectivity index (χ1) is 9.23. The first-order valence-electron chi connectivity index (χ1n) is 6.63. The predicted octanol–water partition coefficient (Wildman–Crippen LogP) is 1.03. The van der Waals surface area contributed by atoms with Gasteiger partial charge in [-0.25, -0.2) is 12.7 Å². The summed E-state index contributed by atoms with van der Waals surface area (Å²) < 4.78 is 30.0. The van der Waals surface area contributed by atoms with Crippen LogP contribution in [0.2, 0.25) is 0 Å². The molecule has 0 saturated heterocycles. The molecule has 20 heavy (non-hydrogen) atoms. The molecule has 1 aromatic heterocycles. The standard InChI is InChI=1S/C13H24N2O4S/c1-10(2)7-11(16)8-14-9-12-5-6-13(19-12)20(17,18)15(3)4/h5-6,10-11,14,16H,7-9H2,1-4H3. The van der Waals surface area contributed by atoms with Crippen LogP contribution < -0.4 is 5.32 Å². The number of aliphatic hydroxyl groups is 1. The van der Waals surface area contributed by atoms with E-state index < -0.39 is 16.1 Å². The Bertz CT molecular complexity index is 508. The fourth-order valence-corrected chi connectivity index (χ4v) is 2.57. The third kappa shape index (κ3) is 4.90. The molecule has 0 saturated carbocycles. The summed E-state index contributed by atoms with van der Waals surface area (Å²) >= 11 is 0. The van der Waals surface area contributed by atoms with Crippen LogP contribution in [0.25, 0.3) is 0 Å². The van der Waals surface area contributed by atoms with Crippen molar-refractivity contribution in [3.63, 3.8) is 0 Å². The monoisotopic (exact) mass is 304 g/mol. The Hall–Kier alpha value is -0.890. The van der Waals surface area contributed by atoms with Gasteiger partial charge < -0.3 is 14.8 Å². The lowest BCUT2D eigenvalue weighted by Crippen LogP contribution is -2.27. The molecule has 1 heterocycles. The van der Waals surface area contributed by atoms with Crippen molar-refractivity contribution in [1.82, 2.24) is 9.62 Å². The molecule has 6 nitrogen and oxygen atoms in total. The second-order valence-corrected chi connectivity index (χ2v) is 7.51. The van der Waals surface area contributed by atoms with Gasteiger partial charge in [-0.3, -0.25) is 0 Å². The van der Waals surface area contributed by atoms with E-state index in [-0.39, 0.29) is 5.09 Å². The molecule has 0 fully saturated rings. The van der Waals surface area contributed by atoms with Crippen LogP contribution in [-0.2, 0) is 16.6 Å². The maximum Gasteiger partial charge on any atom is 0.275 e. The Morgan fingerprint density at radius 3 is 2.55 bits per heavy atom. The maximum atomic E-state index is 11.8. The number of furan rings is 1. The van der Waals surface area contributed by atoms with Crippen LogP contribution in [0.4, 0.5) is 0 Å². The molecule has 0 amide bonds. The van der Waals surface area contributed by atoms with Crippen LogP contribution in [0.5, 0.6) is 0 Å². The van der Waals surface area contributed by atoms with Crippen LogP contribution in [0.3, 0.4) is 0 Å². The summed E-state index contributed by atoms with van der Waals surface area (Å²) in [5.74, 6) is 0.967. The van der Waals surface area contributed by atoms with E-state index in [2.05, 4.69) is 5.32 Å². The Kier molecular flexibility index (Phi) is 6.19. The second-order valence-electron chi connectivity index (χ2n) is 5.42. The van der Waals surface area contributed by atoms with Gasteiger partial charge in [0.15, 0.2) is 0 Å². The lowest BCUT2D eigenvalue weighted by molar-refractivity contribution is 0.145. The highest BCUT2D eigenvalue weighted by atomic mass is 32.2. The molecule has 0 aliphatic carbocycles. The van der Waals surface area contributed by atoms with Gasteiger partial charge in [-0.2, -0.15) is 0 Å². The maximum absolute atomic E-state index is 11.8. The summed E-state index contributed by atoms with van der Waals surface area (Å²) in [7, 11) is -0.611. The normalized spacial score (nSPS) is 14.2. The van der Waals surface area contributed by atoms with E-state index in [0.29, 0.717) is 24.8 Å². The number of hydrogen-bond acceptors (Lipinski definition) is 5. The lowest BCUT2D eigenvalue weighted by atomic mass is 10.1. The molecule has 1 aromatic rings. The average molecular weight is 304 g/mol. The molecule has 0 aliphatic rings. The summed E-state index contributed by atoms with van der Waals surface area (Å²) in [4.78, 5) is 0. The van der Waals surface area contributed by atoms with Crippen molar-refractivity contribution in [2.45, 2.75) is 38.0 Å². The van der Waals surface area contributed by atoms with Crippen molar-refractivity contribution < 1.29 is 17.9 Å². The Balaban J connectivity index is 2.50. The van der Waals surface area contributed by atoms with Crippen LogP contribution in [-0.4, -0.2) is 44.6 Å². The molecule has 0 aliphatic heterocycles. The average Bonchev–Trinajstić information content (AvgIpc) is 2.77. The molecule has 0 bridgehead atoms. The van der Waals surface area contributed by atoms with Gasteiger partial charge >= 0.3 is 0 Å². The summed E-state index contributed by atoms with van der Waals surface area (Å²) in [6.07, 6.45) is 0.320. The van der Waals surface area contributed by atoms with Gasteiger partial charge in [-0.1, -0.05) is 13.8 Å². The quantitative estimate of drug-likeness (QED) is 0.749. The summed E-state index contributed by atoms with van der Waals surface area (Å²) in [5, 5.41) is 12.7. The van der Waals surface area contributed by atoms with Crippen LogP contribution in [0.15, 0.2) is 21.6 Å². The van der Waals surface area contributed by atoms with Gasteiger partial charge in [-0.15, -0.1) is 0 Å². The van der Waals surface area contributed by atoms with Crippen LogP contribution >= 0.6 is 0 Å². The van der Waals surface area contributed by atoms with Gasteiger partial charge in [0.2, 0.25) is 5.09 Å². The molecular weight excluding hydrogens is 280 g/mol. The fourth-order valence-electron chi connectivity index (χ4n) is 1.76. The molecule has 1 unspecified atom stereocenters. The van der Waals surface area contributed by atoms with Crippen LogP contribution in [0.1, 0.15) is 26.0 Å². The highest BCUT2D eigenvalue weighted by Crippen LogP contribution is 2.16. The molecule has 1 atom stereocenters. The zero-order valence-corrected chi connectivity index (χ0v) is 13.3. The minimum Gasteiger partial charge on any atom is -0.447 e. The molecule has 1 rings (SSSR count). The number of aliphatic hydroxyl groups excluding tert-OH is 1. The first-order valence-corrected chi connectivity index (χ1v) is 8.07. The van der Waals surface area contributed by atoms with Gasteiger partial charge in [0.25, 0.3) is 10.0 Å². The Labute approximate surface area is 120 Å². The molecule has 7 heteroatoms. The van der Waals surface area contributed by atoms with Crippen molar-refractivity contribution in [2.75, 3.05) is 20.6 Å². The minimum atomic E-state index is -3.52. The van der Waals surface area contributed by atoms with E-state index >= 15 is 0 Å². The minimum absolute atomic E-state index is 0.0676. The zero-order chi connectivity index (χ0) is 15.3. The molecular formula is C13H24N2O4S. The fraction of sp³-hybridized carbons (Fsp3) is 0.692. The van der Waals surface area contributed by atoms with Gasteiger partial charge in [-0.05, 0) is 24.5 Å². The molecule has 0 radical (unpaired) electrons. The highest BCUT2D eigenvalue weighted by molar-refractivity contribution is 7.88. The molecule has 0 aromatic carbocycles. The number of sulfonamides is 1. The third-order valence-electron chi connectivity index (χ3n) is 2.79. The first kappa shape index (κ1) is 17.2. The van der Waals surface area contributed by atoms with Crippen LogP contribution in [0, 0.1) is 5.92 Å². The third-order valence-corrected chi connectivity index (χ3v) is 4.48. The largest absolute Gasteiger partial charge is 0.447 e. The van der Waals surface area contributed by atoms with Crippen molar-refractivity contribution >= 4 is 10.0 Å². The second kappa shape index (κ2) is 7.21. The predicted molar refractivity (Wildman–Crippen MR) is 76.7 cm³/mol. The SMILES string of the molecule is CC(C)CC(O)CNCc1ccc(S(=O)(=O)N(C)C)o1. The molecule has 2 N–H and O–H groups in total. The van der Waals surface area contributed by atoms with Gasteiger partial charge in [0, 0.05) is 20.6 Å². The summed E-state index contributed by atoms with van der Waals surface area (Å²) in [6, 6.07) is 3.06.